The van der Waals surface area contributed by atoms with Crippen LogP contribution in [0.5, 0.6) is 0 Å². The van der Waals surface area contributed by atoms with Gasteiger partial charge in [-0.1, -0.05) is 0 Å². The molecule has 2 N–H and O–H groups in total. The van der Waals surface area contributed by atoms with Gasteiger partial charge in [-0.05, 0) is 65.7 Å². The molecule has 1 aromatic rings. The van der Waals surface area contributed by atoms with E-state index >= 15 is 0 Å². The Kier molecular flexibility index (Phi) is 3.12. The molecule has 5 heteroatoms. The van der Waals surface area contributed by atoms with E-state index in [2.05, 4.69) is 26.6 Å². The van der Waals surface area contributed by atoms with Crippen molar-refractivity contribution >= 4 is 33.4 Å². The summed E-state index contributed by atoms with van der Waals surface area (Å²) in [5.74, 6) is 0.609. The smallest absolute Gasteiger partial charge is 0.253 e. The first-order valence-corrected chi connectivity index (χ1v) is 7.58. The fourth-order valence-corrected chi connectivity index (χ4v) is 3.86. The normalized spacial score (nSPS) is 26.2. The number of hydrogen-bond donors (Lipinski definition) is 2. The van der Waals surface area contributed by atoms with E-state index in [1.165, 1.54) is 0 Å². The number of anilines is 1. The highest BCUT2D eigenvalue weighted by molar-refractivity contribution is 9.10. The van der Waals surface area contributed by atoms with Crippen molar-refractivity contribution in [2.45, 2.75) is 26.2 Å². The highest BCUT2D eigenvalue weighted by atomic mass is 79.9. The molecular formula is C15H17BrN2O2. The number of rotatable bonds is 3. The molecule has 3 aliphatic carbocycles. The Morgan fingerprint density at radius 3 is 2.45 bits per heavy atom. The molecule has 3 saturated carbocycles. The number of hydrogen-bond acceptors (Lipinski definition) is 2. The van der Waals surface area contributed by atoms with Crippen LogP contribution >= 0.6 is 15.9 Å². The van der Waals surface area contributed by atoms with Crippen molar-refractivity contribution < 1.29 is 9.59 Å². The molecule has 3 fully saturated rings. The first-order chi connectivity index (χ1) is 9.45. The van der Waals surface area contributed by atoms with Gasteiger partial charge in [0.2, 0.25) is 5.91 Å². The van der Waals surface area contributed by atoms with Crippen LogP contribution < -0.4 is 10.6 Å². The largest absolute Gasteiger partial charge is 0.355 e. The van der Waals surface area contributed by atoms with Crippen molar-refractivity contribution in [2.75, 3.05) is 12.4 Å². The fraction of sp³-hybridized carbons (Fsp3) is 0.467. The van der Waals surface area contributed by atoms with Gasteiger partial charge in [0, 0.05) is 11.5 Å². The first-order valence-electron chi connectivity index (χ1n) is 6.79. The molecular weight excluding hydrogens is 320 g/mol. The minimum atomic E-state index is -0.192. The van der Waals surface area contributed by atoms with E-state index in [1.807, 2.05) is 13.0 Å². The van der Waals surface area contributed by atoms with Crippen molar-refractivity contribution in [2.24, 2.45) is 11.3 Å². The Balaban J connectivity index is 1.91. The van der Waals surface area contributed by atoms with Crippen LogP contribution in [0.1, 0.15) is 35.2 Å². The third-order valence-corrected chi connectivity index (χ3v) is 5.09. The Labute approximate surface area is 126 Å². The third-order valence-electron chi connectivity index (χ3n) is 4.46. The van der Waals surface area contributed by atoms with Gasteiger partial charge >= 0.3 is 0 Å². The summed E-state index contributed by atoms with van der Waals surface area (Å²) in [6.45, 7) is 1.92. The molecule has 0 atom stereocenters. The van der Waals surface area contributed by atoms with Gasteiger partial charge in [-0.15, -0.1) is 0 Å². The molecule has 3 aliphatic rings. The zero-order valence-electron chi connectivity index (χ0n) is 11.5. The molecule has 0 spiro atoms. The number of benzene rings is 1. The van der Waals surface area contributed by atoms with Crippen molar-refractivity contribution in [1.29, 1.82) is 0 Å². The predicted octanol–water partition coefficient (Wildman–Crippen LogP) is 2.86. The molecule has 1 aromatic carbocycles. The van der Waals surface area contributed by atoms with Crippen LogP contribution in [0.4, 0.5) is 5.69 Å². The van der Waals surface area contributed by atoms with Crippen molar-refractivity contribution in [1.82, 2.24) is 5.32 Å². The van der Waals surface area contributed by atoms with Gasteiger partial charge in [-0.3, -0.25) is 9.59 Å². The number of carbonyl (C=O) groups is 2. The summed E-state index contributed by atoms with van der Waals surface area (Å²) in [7, 11) is 1.59. The summed E-state index contributed by atoms with van der Waals surface area (Å²) in [5.41, 5.74) is 1.89. The maximum atomic E-state index is 12.4. The van der Waals surface area contributed by atoms with Gasteiger partial charge < -0.3 is 10.6 Å². The van der Waals surface area contributed by atoms with Crippen molar-refractivity contribution in [3.8, 4) is 0 Å². The summed E-state index contributed by atoms with van der Waals surface area (Å²) in [4.78, 5) is 24.4. The maximum Gasteiger partial charge on any atom is 0.253 e. The third kappa shape index (κ3) is 1.95. The van der Waals surface area contributed by atoms with Crippen molar-refractivity contribution in [3.63, 3.8) is 0 Å². The summed E-state index contributed by atoms with van der Waals surface area (Å²) < 4.78 is 0.746. The number of aryl methyl sites for hydroxylation is 1. The summed E-state index contributed by atoms with van der Waals surface area (Å²) in [6, 6.07) is 3.70. The SMILES string of the molecule is CNC(=O)c1cc(C)cc(Br)c1NC(=O)C12CC(C1)C2. The number of nitrogens with one attached hydrogen (secondary N) is 2. The van der Waals surface area contributed by atoms with E-state index in [0.717, 1.165) is 35.2 Å². The van der Waals surface area contributed by atoms with Gasteiger partial charge in [0.1, 0.15) is 0 Å². The van der Waals surface area contributed by atoms with Crippen LogP contribution in [0.15, 0.2) is 16.6 Å². The second kappa shape index (κ2) is 4.58. The van der Waals surface area contributed by atoms with Crippen LogP contribution in [0, 0.1) is 18.3 Å². The van der Waals surface area contributed by atoms with E-state index < -0.39 is 0 Å². The molecule has 0 aliphatic heterocycles. The molecule has 4 nitrogen and oxygen atoms in total. The fourth-order valence-electron chi connectivity index (χ4n) is 3.19. The molecule has 20 heavy (non-hydrogen) atoms. The molecule has 0 saturated heterocycles. The zero-order chi connectivity index (χ0) is 14.5. The van der Waals surface area contributed by atoms with Gasteiger partial charge in [0.15, 0.2) is 0 Å². The second-order valence-corrected chi connectivity index (χ2v) is 6.82. The summed E-state index contributed by atoms with van der Waals surface area (Å²) in [5, 5.41) is 5.57. The molecule has 106 valence electrons. The molecule has 0 unspecified atom stereocenters. The van der Waals surface area contributed by atoms with Crippen LogP contribution in [-0.4, -0.2) is 18.9 Å². The van der Waals surface area contributed by atoms with Gasteiger partial charge in [-0.25, -0.2) is 0 Å². The van der Waals surface area contributed by atoms with Crippen LogP contribution in [0.25, 0.3) is 0 Å². The van der Waals surface area contributed by atoms with E-state index in [0.29, 0.717) is 11.3 Å². The molecule has 2 bridgehead atoms. The Morgan fingerprint density at radius 2 is 1.95 bits per heavy atom. The maximum absolute atomic E-state index is 12.4. The minimum Gasteiger partial charge on any atom is -0.355 e. The standard InChI is InChI=1S/C15H17BrN2O2/c1-8-3-10(13(19)17-2)12(11(16)4-8)18-14(20)15-5-9(6-15)7-15/h3-4,9H,5-7H2,1-2H3,(H,17,19)(H,18,20). The number of halogens is 1. The monoisotopic (exact) mass is 336 g/mol. The first kappa shape index (κ1) is 13.6. The van der Waals surface area contributed by atoms with E-state index in [-0.39, 0.29) is 17.2 Å². The highest BCUT2D eigenvalue weighted by Crippen LogP contribution is 2.64. The quantitative estimate of drug-likeness (QED) is 0.891. The highest BCUT2D eigenvalue weighted by Gasteiger charge is 2.61. The molecule has 4 rings (SSSR count). The van der Waals surface area contributed by atoms with Crippen molar-refractivity contribution in [3.05, 3.63) is 27.7 Å². The second-order valence-electron chi connectivity index (χ2n) is 5.96. The Hall–Kier alpha value is -1.36. The minimum absolute atomic E-state index is 0.0507. The summed E-state index contributed by atoms with van der Waals surface area (Å²) in [6.07, 6.45) is 2.99. The Morgan fingerprint density at radius 1 is 1.30 bits per heavy atom. The number of carbonyl (C=O) groups excluding carboxylic acids is 2. The zero-order valence-corrected chi connectivity index (χ0v) is 13.1. The average Bonchev–Trinajstić information content (AvgIpc) is 2.27. The van der Waals surface area contributed by atoms with Gasteiger partial charge in [0.05, 0.1) is 16.7 Å². The van der Waals surface area contributed by atoms with E-state index in [9.17, 15) is 9.59 Å². The topological polar surface area (TPSA) is 58.2 Å². The van der Waals surface area contributed by atoms with Gasteiger partial charge in [0.25, 0.3) is 5.91 Å². The molecule has 0 heterocycles. The molecule has 0 radical (unpaired) electrons. The van der Waals surface area contributed by atoms with Gasteiger partial charge in [-0.2, -0.15) is 0 Å². The number of amides is 2. The predicted molar refractivity (Wildman–Crippen MR) is 80.7 cm³/mol. The molecule has 0 aromatic heterocycles. The van der Waals surface area contributed by atoms with E-state index in [4.69, 9.17) is 0 Å². The van der Waals surface area contributed by atoms with Crippen LogP contribution in [-0.2, 0) is 4.79 Å². The van der Waals surface area contributed by atoms with Crippen LogP contribution in [0.3, 0.4) is 0 Å². The molecule has 2 amide bonds. The lowest BCUT2D eigenvalue weighted by Gasteiger charge is -2.60. The van der Waals surface area contributed by atoms with E-state index in [1.54, 1.807) is 13.1 Å². The van der Waals surface area contributed by atoms with Crippen LogP contribution in [0.2, 0.25) is 0 Å². The summed E-state index contributed by atoms with van der Waals surface area (Å²) >= 11 is 3.45. The Bertz CT molecular complexity index is 595. The lowest BCUT2D eigenvalue weighted by molar-refractivity contribution is -0.158. The lowest BCUT2D eigenvalue weighted by atomic mass is 9.44. The average molecular weight is 337 g/mol. The lowest BCUT2D eigenvalue weighted by Crippen LogP contribution is -2.58.